The Morgan fingerprint density at radius 2 is 2.81 bits per heavy atom. The Hall–Kier alpha value is -1.32. The van der Waals surface area contributed by atoms with E-state index in [2.05, 4.69) is 9.72 Å². The van der Waals surface area contributed by atoms with Gasteiger partial charge in [0, 0.05) is 38.4 Å². The van der Waals surface area contributed by atoms with Gasteiger partial charge in [-0.25, -0.2) is 4.98 Å². The first-order valence-electron chi connectivity index (χ1n) is 10.1. The minimum absolute atomic E-state index is 0.0711. The van der Waals surface area contributed by atoms with Crippen LogP contribution >= 0.6 is 0 Å². The van der Waals surface area contributed by atoms with Crippen LogP contribution in [0.3, 0.4) is 0 Å². The SMILES string of the molecule is [2H]c1nc(C)n(C([2H])([2H])[2H])c1C[C@@]1([2H])COC(=O)[C@@]1([2H])C([2H])([2H])C([2H])([2H])[2H]. The molecular weight excluding hydrogens is 204 g/mol. The molecular formula is C12H18N2O2. The van der Waals surface area contributed by atoms with Crippen molar-refractivity contribution in [2.24, 2.45) is 18.8 Å². The van der Waals surface area contributed by atoms with E-state index in [1.165, 1.54) is 6.92 Å². The zero-order valence-electron chi connectivity index (χ0n) is 19.6. The molecule has 0 aliphatic carbocycles. The van der Waals surface area contributed by atoms with Crippen LogP contribution in [0, 0.1) is 18.7 Å². The molecule has 2 rings (SSSR count). The second-order valence-electron chi connectivity index (χ2n) is 3.41. The normalized spacial score (nSPS) is 46.6. The maximum atomic E-state index is 12.2. The number of nitrogens with zero attached hydrogens (tertiary/aromatic N) is 2. The lowest BCUT2D eigenvalue weighted by atomic mass is 9.89. The Morgan fingerprint density at radius 1 is 1.94 bits per heavy atom. The minimum Gasteiger partial charge on any atom is -0.465 e. The van der Waals surface area contributed by atoms with Gasteiger partial charge in [0.1, 0.15) is 5.82 Å². The lowest BCUT2D eigenvalue weighted by Crippen LogP contribution is -2.18. The van der Waals surface area contributed by atoms with Gasteiger partial charge in [0.05, 0.1) is 13.9 Å². The number of hydrogen-bond donors (Lipinski definition) is 0. The van der Waals surface area contributed by atoms with Crippen LogP contribution in [0.2, 0.25) is 0 Å². The summed E-state index contributed by atoms with van der Waals surface area (Å²) < 4.78 is 90.6. The first-order chi connectivity index (χ1) is 11.9. The lowest BCUT2D eigenvalue weighted by molar-refractivity contribution is -0.141. The molecule has 1 fully saturated rings. The van der Waals surface area contributed by atoms with Gasteiger partial charge >= 0.3 is 5.97 Å². The molecule has 0 spiro atoms. The predicted octanol–water partition coefficient (Wildman–Crippen LogP) is 1.47. The fourth-order valence-corrected chi connectivity index (χ4v) is 1.48. The van der Waals surface area contributed by atoms with Crippen molar-refractivity contribution in [3.63, 3.8) is 0 Å². The van der Waals surface area contributed by atoms with Crippen LogP contribution in [0.1, 0.15) is 39.8 Å². The van der Waals surface area contributed by atoms with E-state index in [1.807, 2.05) is 0 Å². The number of imidazole rings is 1. The van der Waals surface area contributed by atoms with E-state index in [1.54, 1.807) is 0 Å². The van der Waals surface area contributed by atoms with Gasteiger partial charge in [0.25, 0.3) is 0 Å². The fraction of sp³-hybridized carbons (Fsp3) is 0.667. The number of aromatic nitrogens is 2. The zero-order valence-corrected chi connectivity index (χ0v) is 8.63. The molecule has 2 heterocycles. The monoisotopic (exact) mass is 233 g/mol. The van der Waals surface area contributed by atoms with Gasteiger partial charge < -0.3 is 9.30 Å². The fourth-order valence-electron chi connectivity index (χ4n) is 1.48. The highest BCUT2D eigenvalue weighted by Gasteiger charge is 2.35. The largest absolute Gasteiger partial charge is 0.465 e. The van der Waals surface area contributed by atoms with Crippen molar-refractivity contribution in [3.8, 4) is 0 Å². The highest BCUT2D eigenvalue weighted by Crippen LogP contribution is 2.28. The Labute approximate surface area is 111 Å². The quantitative estimate of drug-likeness (QED) is 0.743. The van der Waals surface area contributed by atoms with Gasteiger partial charge in [-0.2, -0.15) is 0 Å². The smallest absolute Gasteiger partial charge is 0.309 e. The van der Waals surface area contributed by atoms with E-state index < -0.39 is 57.2 Å². The van der Waals surface area contributed by atoms with Crippen molar-refractivity contribution in [1.29, 1.82) is 0 Å². The van der Waals surface area contributed by atoms with Gasteiger partial charge in [0.2, 0.25) is 0 Å². The lowest BCUT2D eigenvalue weighted by Gasteiger charge is -2.13. The number of carbonyl (C=O) groups excluding carboxylic acids is 1. The van der Waals surface area contributed by atoms with Crippen LogP contribution in [0.4, 0.5) is 0 Å². The Morgan fingerprint density at radius 3 is 3.56 bits per heavy atom. The molecule has 1 aliphatic heterocycles. The van der Waals surface area contributed by atoms with Crippen LogP contribution in [0.5, 0.6) is 0 Å². The molecule has 0 bridgehead atoms. The summed E-state index contributed by atoms with van der Waals surface area (Å²) in [5.41, 5.74) is -0.334. The molecule has 1 aromatic rings. The second-order valence-corrected chi connectivity index (χ2v) is 3.41. The van der Waals surface area contributed by atoms with Crippen LogP contribution < -0.4 is 0 Å². The molecule has 1 aromatic heterocycles. The Kier molecular flexibility index (Phi) is 1.03. The molecule has 16 heavy (non-hydrogen) atoms. The third kappa shape index (κ3) is 1.84. The van der Waals surface area contributed by atoms with Crippen LogP contribution in [-0.2, 0) is 22.9 Å². The number of esters is 1. The van der Waals surface area contributed by atoms with Crippen molar-refractivity contribution in [1.82, 2.24) is 9.55 Å². The number of carbonyl (C=O) groups is 1. The van der Waals surface area contributed by atoms with Gasteiger partial charge in [-0.15, -0.1) is 0 Å². The molecule has 1 aliphatic rings. The molecule has 1 saturated heterocycles. The van der Waals surface area contributed by atoms with Crippen molar-refractivity contribution in [3.05, 3.63) is 17.7 Å². The summed E-state index contributed by atoms with van der Waals surface area (Å²) in [5, 5.41) is 0. The first-order valence-corrected chi connectivity index (χ1v) is 4.63. The summed E-state index contributed by atoms with van der Waals surface area (Å²) in [5.74, 6) is -7.26. The van der Waals surface area contributed by atoms with Crippen LogP contribution in [0.25, 0.3) is 0 Å². The molecule has 0 radical (unpaired) electrons. The van der Waals surface area contributed by atoms with E-state index in [0.717, 1.165) is 0 Å². The second kappa shape index (κ2) is 4.28. The zero-order chi connectivity index (χ0) is 21.2. The molecule has 4 heteroatoms. The van der Waals surface area contributed by atoms with Crippen molar-refractivity contribution < 1.29 is 24.6 Å². The summed E-state index contributed by atoms with van der Waals surface area (Å²) >= 11 is 0. The van der Waals surface area contributed by atoms with Gasteiger partial charge in [-0.1, -0.05) is 6.85 Å². The van der Waals surface area contributed by atoms with E-state index >= 15 is 0 Å². The number of rotatable bonds is 3. The summed E-state index contributed by atoms with van der Waals surface area (Å²) in [4.78, 5) is 15.9. The number of ether oxygens (including phenoxy) is 1. The number of cyclic esters (lactones) is 1. The molecule has 0 N–H and O–H groups in total. The third-order valence-electron chi connectivity index (χ3n) is 2.38. The maximum Gasteiger partial charge on any atom is 0.309 e. The molecule has 0 amide bonds. The van der Waals surface area contributed by atoms with E-state index in [0.29, 0.717) is 4.57 Å². The summed E-state index contributed by atoms with van der Waals surface area (Å²) in [6.45, 7) is -5.71. The molecule has 0 unspecified atom stereocenters. The van der Waals surface area contributed by atoms with Crippen molar-refractivity contribution >= 4 is 5.97 Å². The molecule has 0 saturated carbocycles. The van der Waals surface area contributed by atoms with E-state index in [4.69, 9.17) is 15.1 Å². The van der Waals surface area contributed by atoms with Crippen LogP contribution in [0.15, 0.2) is 6.17 Å². The molecule has 0 aromatic carbocycles. The van der Waals surface area contributed by atoms with Crippen LogP contribution in [-0.4, -0.2) is 22.1 Å². The average Bonchev–Trinajstić information content (AvgIpc) is 2.87. The third-order valence-corrected chi connectivity index (χ3v) is 2.38. The van der Waals surface area contributed by atoms with Crippen molar-refractivity contribution in [2.75, 3.05) is 6.61 Å². The van der Waals surface area contributed by atoms with E-state index in [9.17, 15) is 4.79 Å². The van der Waals surface area contributed by atoms with Gasteiger partial charge in [-0.3, -0.25) is 4.79 Å². The number of aryl methyl sites for hydroxylation is 1. The molecule has 2 atom stereocenters. The molecule has 88 valence electrons. The van der Waals surface area contributed by atoms with Gasteiger partial charge in [0.15, 0.2) is 0 Å². The predicted molar refractivity (Wildman–Crippen MR) is 59.9 cm³/mol. The Bertz CT molecular complexity index is 769. The highest BCUT2D eigenvalue weighted by molar-refractivity contribution is 5.74. The molecule has 4 nitrogen and oxygen atoms in total. The topological polar surface area (TPSA) is 44.1 Å². The summed E-state index contributed by atoms with van der Waals surface area (Å²) in [6.07, 6.45) is -4.76. The number of hydrogen-bond acceptors (Lipinski definition) is 3. The standard InChI is InChI=1S/C12H18N2O2/c1-4-11-9(7-16-12(11)15)5-10-6-13-8(2)14(10)3/h6,9,11H,4-5,7H2,1-3H3/t9-,11-/m0/s1/i1D3,3D3,4D2,6D,9D,11D. The minimum atomic E-state index is -3.46. The van der Waals surface area contributed by atoms with Crippen molar-refractivity contribution in [2.45, 2.75) is 26.6 Å². The Balaban J connectivity index is 2.64. The van der Waals surface area contributed by atoms with E-state index in [-0.39, 0.29) is 11.5 Å². The first kappa shape index (κ1) is 3.86. The maximum absolute atomic E-state index is 12.2. The van der Waals surface area contributed by atoms with Gasteiger partial charge in [-0.05, 0) is 19.7 Å². The highest BCUT2D eigenvalue weighted by atomic mass is 16.5. The summed E-state index contributed by atoms with van der Waals surface area (Å²) in [7, 11) is 0. The average molecular weight is 233 g/mol. The summed E-state index contributed by atoms with van der Waals surface area (Å²) in [6, 6.07) is 0.